The number of halogens is 2. The number of aromatic carboxylic acids is 1. The van der Waals surface area contributed by atoms with Crippen molar-refractivity contribution in [3.63, 3.8) is 0 Å². The summed E-state index contributed by atoms with van der Waals surface area (Å²) in [5.74, 6) is -2.09. The first-order valence-electron chi connectivity index (χ1n) is 6.57. The second-order valence-corrected chi connectivity index (χ2v) is 6.44. The predicted octanol–water partition coefficient (Wildman–Crippen LogP) is 4.16. The molecule has 2 aromatic carbocycles. The van der Waals surface area contributed by atoms with Crippen molar-refractivity contribution in [2.75, 3.05) is 0 Å². The highest BCUT2D eigenvalue weighted by Gasteiger charge is 2.22. The number of pyridine rings is 1. The Bertz CT molecular complexity index is 1200. The number of aromatic nitrogens is 1. The molecule has 4 aromatic rings. The first-order valence-corrected chi connectivity index (χ1v) is 7.77. The maximum Gasteiger partial charge on any atom is 0.342 e. The number of carbonyl (C=O) groups is 1. The minimum atomic E-state index is -1.34. The van der Waals surface area contributed by atoms with Gasteiger partial charge in [-0.1, -0.05) is 23.7 Å². The zero-order chi connectivity index (χ0) is 16.3. The number of carboxylic acid groups (broad SMARTS) is 1. The summed E-state index contributed by atoms with van der Waals surface area (Å²) < 4.78 is 16.2. The Morgan fingerprint density at radius 1 is 1.22 bits per heavy atom. The zero-order valence-electron chi connectivity index (χ0n) is 11.3. The van der Waals surface area contributed by atoms with Crippen molar-refractivity contribution in [2.45, 2.75) is 0 Å². The standard InChI is InChI=1S/C16H7ClFNO3S/c17-8-6-11-7(5-9(8)18)14(20)13(16(21)22)15-19(11)10-3-1-2-4-12(10)23-15/h1-6H,(H,21,22). The van der Waals surface area contributed by atoms with Crippen LogP contribution in [0.5, 0.6) is 0 Å². The van der Waals surface area contributed by atoms with E-state index in [2.05, 4.69) is 0 Å². The summed E-state index contributed by atoms with van der Waals surface area (Å²) >= 11 is 7.06. The number of hydrogen-bond donors (Lipinski definition) is 1. The van der Waals surface area contributed by atoms with Crippen LogP contribution in [0.25, 0.3) is 25.9 Å². The third-order valence-electron chi connectivity index (χ3n) is 3.69. The molecule has 0 saturated heterocycles. The molecule has 0 aliphatic carbocycles. The summed E-state index contributed by atoms with van der Waals surface area (Å²) in [5.41, 5.74) is 0.0524. The van der Waals surface area contributed by atoms with Gasteiger partial charge in [0.25, 0.3) is 0 Å². The van der Waals surface area contributed by atoms with Crippen molar-refractivity contribution >= 4 is 54.9 Å². The molecule has 2 heterocycles. The van der Waals surface area contributed by atoms with E-state index in [1.165, 1.54) is 17.4 Å². The van der Waals surface area contributed by atoms with Crippen LogP contribution < -0.4 is 5.43 Å². The lowest BCUT2D eigenvalue weighted by atomic mass is 10.1. The van der Waals surface area contributed by atoms with E-state index >= 15 is 0 Å². The molecule has 0 bridgehead atoms. The van der Waals surface area contributed by atoms with E-state index in [-0.39, 0.29) is 16.0 Å². The van der Waals surface area contributed by atoms with Crippen molar-refractivity contribution in [3.05, 3.63) is 63.0 Å². The molecule has 4 nitrogen and oxygen atoms in total. The van der Waals surface area contributed by atoms with Gasteiger partial charge in [0.1, 0.15) is 16.2 Å². The molecule has 23 heavy (non-hydrogen) atoms. The first-order chi connectivity index (χ1) is 11.0. The molecule has 0 amide bonds. The van der Waals surface area contributed by atoms with E-state index in [4.69, 9.17) is 11.6 Å². The van der Waals surface area contributed by atoms with Crippen LogP contribution in [0.3, 0.4) is 0 Å². The lowest BCUT2D eigenvalue weighted by Crippen LogP contribution is -2.17. The number of para-hydroxylation sites is 1. The van der Waals surface area contributed by atoms with E-state index in [9.17, 15) is 19.1 Å². The topological polar surface area (TPSA) is 58.8 Å². The smallest absolute Gasteiger partial charge is 0.342 e. The van der Waals surface area contributed by atoms with Gasteiger partial charge in [-0.3, -0.25) is 9.20 Å². The van der Waals surface area contributed by atoms with Crippen LogP contribution in [-0.4, -0.2) is 15.5 Å². The number of carboxylic acids is 1. The van der Waals surface area contributed by atoms with Gasteiger partial charge in [-0.2, -0.15) is 0 Å². The summed E-state index contributed by atoms with van der Waals surface area (Å²) in [6, 6.07) is 9.62. The fourth-order valence-corrected chi connectivity index (χ4v) is 4.06. The first kappa shape index (κ1) is 14.2. The highest BCUT2D eigenvalue weighted by molar-refractivity contribution is 7.24. The SMILES string of the molecule is O=C(O)c1c(=O)c2cc(F)c(Cl)cc2n2c1sc1ccccc12. The molecular formula is C16H7ClFNO3S. The molecule has 0 unspecified atom stereocenters. The molecule has 1 N–H and O–H groups in total. The largest absolute Gasteiger partial charge is 0.477 e. The van der Waals surface area contributed by atoms with Gasteiger partial charge in [-0.25, -0.2) is 9.18 Å². The van der Waals surface area contributed by atoms with E-state index in [0.29, 0.717) is 10.3 Å². The number of benzene rings is 2. The van der Waals surface area contributed by atoms with Crippen LogP contribution >= 0.6 is 22.9 Å². The molecule has 0 aliphatic rings. The maximum absolute atomic E-state index is 13.8. The Morgan fingerprint density at radius 3 is 2.70 bits per heavy atom. The monoisotopic (exact) mass is 347 g/mol. The molecule has 4 rings (SSSR count). The summed E-state index contributed by atoms with van der Waals surface area (Å²) in [6.07, 6.45) is 0. The number of rotatable bonds is 1. The summed E-state index contributed by atoms with van der Waals surface area (Å²) in [5, 5.41) is 9.32. The number of hydrogen-bond acceptors (Lipinski definition) is 3. The molecule has 114 valence electrons. The third-order valence-corrected chi connectivity index (χ3v) is 5.13. The fourth-order valence-electron chi connectivity index (χ4n) is 2.71. The molecule has 0 spiro atoms. The quantitative estimate of drug-likeness (QED) is 0.562. The summed E-state index contributed by atoms with van der Waals surface area (Å²) in [4.78, 5) is 24.4. The fraction of sp³-hybridized carbons (Fsp3) is 0. The lowest BCUT2D eigenvalue weighted by Gasteiger charge is -2.07. The Kier molecular flexibility index (Phi) is 2.94. The lowest BCUT2D eigenvalue weighted by molar-refractivity contribution is 0.0697. The van der Waals surface area contributed by atoms with Gasteiger partial charge in [0.2, 0.25) is 5.43 Å². The Hall–Kier alpha value is -2.44. The average Bonchev–Trinajstić information content (AvgIpc) is 2.88. The molecule has 0 aliphatic heterocycles. The molecule has 0 radical (unpaired) electrons. The molecule has 0 atom stereocenters. The Balaban J connectivity index is 2.43. The Labute approximate surface area is 137 Å². The summed E-state index contributed by atoms with van der Waals surface area (Å²) in [6.45, 7) is 0. The van der Waals surface area contributed by atoms with Crippen molar-refractivity contribution in [2.24, 2.45) is 0 Å². The minimum Gasteiger partial charge on any atom is -0.477 e. The van der Waals surface area contributed by atoms with Gasteiger partial charge in [0, 0.05) is 0 Å². The van der Waals surface area contributed by atoms with Gasteiger partial charge in [-0.15, -0.1) is 11.3 Å². The van der Waals surface area contributed by atoms with Crippen LogP contribution in [-0.2, 0) is 0 Å². The van der Waals surface area contributed by atoms with Crippen molar-refractivity contribution in [1.82, 2.24) is 4.40 Å². The van der Waals surface area contributed by atoms with Crippen LogP contribution in [0.2, 0.25) is 5.02 Å². The van der Waals surface area contributed by atoms with E-state index in [1.54, 1.807) is 4.40 Å². The summed E-state index contributed by atoms with van der Waals surface area (Å²) in [7, 11) is 0. The molecule has 7 heteroatoms. The van der Waals surface area contributed by atoms with Gasteiger partial charge >= 0.3 is 5.97 Å². The molecule has 0 saturated carbocycles. The minimum absolute atomic E-state index is 0.00893. The number of nitrogens with zero attached hydrogens (tertiary/aromatic N) is 1. The molecule has 2 aromatic heterocycles. The van der Waals surface area contributed by atoms with Crippen LogP contribution in [0, 0.1) is 5.82 Å². The highest BCUT2D eigenvalue weighted by atomic mass is 35.5. The van der Waals surface area contributed by atoms with Crippen molar-refractivity contribution < 1.29 is 14.3 Å². The molecule has 0 fully saturated rings. The van der Waals surface area contributed by atoms with Crippen LogP contribution in [0.1, 0.15) is 10.4 Å². The number of thiazole rings is 1. The van der Waals surface area contributed by atoms with Gasteiger partial charge in [0.05, 0.1) is 26.1 Å². The van der Waals surface area contributed by atoms with E-state index < -0.39 is 17.2 Å². The second kappa shape index (κ2) is 4.78. The maximum atomic E-state index is 13.8. The second-order valence-electron chi connectivity index (χ2n) is 5.00. The third kappa shape index (κ3) is 1.89. The Morgan fingerprint density at radius 2 is 1.96 bits per heavy atom. The van der Waals surface area contributed by atoms with Crippen LogP contribution in [0.4, 0.5) is 4.39 Å². The van der Waals surface area contributed by atoms with Crippen molar-refractivity contribution in [3.8, 4) is 0 Å². The van der Waals surface area contributed by atoms with Gasteiger partial charge in [0.15, 0.2) is 0 Å². The molecular weight excluding hydrogens is 341 g/mol. The van der Waals surface area contributed by atoms with Gasteiger partial charge in [-0.05, 0) is 24.3 Å². The van der Waals surface area contributed by atoms with Crippen molar-refractivity contribution in [1.29, 1.82) is 0 Å². The predicted molar refractivity (Wildman–Crippen MR) is 88.5 cm³/mol. The normalized spacial score (nSPS) is 11.6. The number of fused-ring (bicyclic) bond motifs is 5. The zero-order valence-corrected chi connectivity index (χ0v) is 12.9. The van der Waals surface area contributed by atoms with E-state index in [1.807, 2.05) is 24.3 Å². The van der Waals surface area contributed by atoms with E-state index in [0.717, 1.165) is 16.3 Å². The average molecular weight is 348 g/mol. The van der Waals surface area contributed by atoms with Crippen LogP contribution in [0.15, 0.2) is 41.2 Å². The highest BCUT2D eigenvalue weighted by Crippen LogP contribution is 2.32. The van der Waals surface area contributed by atoms with Gasteiger partial charge < -0.3 is 5.11 Å².